The molecule has 0 atom stereocenters. The zero-order valence-corrected chi connectivity index (χ0v) is 11.3. The molecule has 1 amide bonds. The van der Waals surface area contributed by atoms with Gasteiger partial charge in [-0.15, -0.1) is 0 Å². The average Bonchev–Trinajstić information content (AvgIpc) is 2.23. The largest absolute Gasteiger partial charge is 0.386 e. The minimum absolute atomic E-state index is 0.0559. The van der Waals surface area contributed by atoms with E-state index in [0.717, 1.165) is 0 Å². The van der Waals surface area contributed by atoms with Crippen LogP contribution in [-0.2, 0) is 11.2 Å². The van der Waals surface area contributed by atoms with Gasteiger partial charge in [0.1, 0.15) is 5.82 Å². The predicted molar refractivity (Wildman–Crippen MR) is 64.8 cm³/mol. The van der Waals surface area contributed by atoms with Crippen LogP contribution in [0.2, 0.25) is 0 Å². The maximum atomic E-state index is 13.1. The molecule has 1 N–H and O–H groups in total. The van der Waals surface area contributed by atoms with Crippen molar-refractivity contribution in [2.24, 2.45) is 0 Å². The number of hydrogen-bond donors (Lipinski definition) is 1. The van der Waals surface area contributed by atoms with E-state index in [9.17, 15) is 22.4 Å². The maximum absolute atomic E-state index is 13.1. The van der Waals surface area contributed by atoms with Crippen LogP contribution >= 0.6 is 15.9 Å². The number of nitrogens with one attached hydrogen (secondary N) is 1. The van der Waals surface area contributed by atoms with Gasteiger partial charge in [-0.25, -0.2) is 4.39 Å². The summed E-state index contributed by atoms with van der Waals surface area (Å²) in [6, 6.07) is 4.54. The number of carbonyl (C=O) groups excluding carboxylic acids is 1. The van der Waals surface area contributed by atoms with Crippen molar-refractivity contribution in [2.75, 3.05) is 5.32 Å². The van der Waals surface area contributed by atoms with Crippen LogP contribution in [0.3, 0.4) is 0 Å². The van der Waals surface area contributed by atoms with Gasteiger partial charge in [0.2, 0.25) is 6.41 Å². The first-order valence-electron chi connectivity index (χ1n) is 4.80. The van der Waals surface area contributed by atoms with Crippen molar-refractivity contribution in [1.29, 1.82) is 5.26 Å². The van der Waals surface area contributed by atoms with Crippen molar-refractivity contribution < 1.29 is 22.4 Å². The van der Waals surface area contributed by atoms with Gasteiger partial charge < -0.3 is 5.32 Å². The minimum atomic E-state index is -4.00. The molecular weight excluding hydrogens is 332 g/mol. The zero-order valence-electron chi connectivity index (χ0n) is 9.68. The molecule has 0 spiro atoms. The SMILES string of the molecule is CC(F)(F)F.N#CCc1cc(F)c(Br)cc1NC=O. The molecule has 3 nitrogen and oxygen atoms in total. The molecule has 104 valence electrons. The van der Waals surface area contributed by atoms with E-state index in [-0.39, 0.29) is 17.8 Å². The summed E-state index contributed by atoms with van der Waals surface area (Å²) in [5, 5.41) is 10.9. The normalized spacial score (nSPS) is 9.95. The van der Waals surface area contributed by atoms with Crippen LogP contribution in [0, 0.1) is 17.1 Å². The van der Waals surface area contributed by atoms with E-state index in [1.54, 1.807) is 0 Å². The fraction of sp³-hybridized carbons (Fsp3) is 0.273. The van der Waals surface area contributed by atoms with Crippen LogP contribution in [0.25, 0.3) is 0 Å². The Hall–Kier alpha value is -1.62. The van der Waals surface area contributed by atoms with E-state index in [4.69, 9.17) is 5.26 Å². The quantitative estimate of drug-likeness (QED) is 0.672. The molecule has 0 aromatic heterocycles. The smallest absolute Gasteiger partial charge is 0.328 e. The van der Waals surface area contributed by atoms with Crippen molar-refractivity contribution in [1.82, 2.24) is 0 Å². The molecule has 0 saturated carbocycles. The average molecular weight is 341 g/mol. The number of rotatable bonds is 3. The highest BCUT2D eigenvalue weighted by Gasteiger charge is 2.15. The van der Waals surface area contributed by atoms with Gasteiger partial charge in [-0.3, -0.25) is 4.79 Å². The highest BCUT2D eigenvalue weighted by molar-refractivity contribution is 9.10. The molecule has 8 heteroatoms. The first-order valence-corrected chi connectivity index (χ1v) is 5.60. The Labute approximate surface area is 115 Å². The second-order valence-electron chi connectivity index (χ2n) is 3.30. The number of anilines is 1. The summed E-state index contributed by atoms with van der Waals surface area (Å²) in [6.07, 6.45) is -3.46. The zero-order chi connectivity index (χ0) is 15.1. The van der Waals surface area contributed by atoms with E-state index >= 15 is 0 Å². The Morgan fingerprint density at radius 3 is 2.42 bits per heavy atom. The topological polar surface area (TPSA) is 52.9 Å². The van der Waals surface area contributed by atoms with E-state index in [0.29, 0.717) is 17.7 Å². The van der Waals surface area contributed by atoms with Crippen molar-refractivity contribution >= 4 is 28.0 Å². The molecular formula is C11H9BrF4N2O. The Bertz CT molecular complexity index is 477. The van der Waals surface area contributed by atoms with Gasteiger partial charge in [0.25, 0.3) is 0 Å². The molecule has 1 aromatic rings. The summed E-state index contributed by atoms with van der Waals surface area (Å²) in [5.74, 6) is -0.452. The van der Waals surface area contributed by atoms with Gasteiger partial charge >= 0.3 is 6.18 Å². The van der Waals surface area contributed by atoms with Crippen molar-refractivity contribution in [3.8, 4) is 6.07 Å². The van der Waals surface area contributed by atoms with E-state index in [1.807, 2.05) is 6.07 Å². The fourth-order valence-electron chi connectivity index (χ4n) is 1.02. The summed E-state index contributed by atoms with van der Waals surface area (Å²) < 4.78 is 44.4. The third-order valence-electron chi connectivity index (χ3n) is 1.63. The Balaban J connectivity index is 0.000000555. The number of alkyl halides is 3. The van der Waals surface area contributed by atoms with Gasteiger partial charge in [-0.2, -0.15) is 18.4 Å². The number of amides is 1. The van der Waals surface area contributed by atoms with Crippen LogP contribution in [0.15, 0.2) is 16.6 Å². The van der Waals surface area contributed by atoms with Crippen LogP contribution in [0.1, 0.15) is 12.5 Å². The lowest BCUT2D eigenvalue weighted by Gasteiger charge is -2.06. The van der Waals surface area contributed by atoms with Gasteiger partial charge in [0.15, 0.2) is 0 Å². The fourth-order valence-corrected chi connectivity index (χ4v) is 1.36. The summed E-state index contributed by atoms with van der Waals surface area (Å²) in [4.78, 5) is 10.2. The third kappa shape index (κ3) is 8.15. The summed E-state index contributed by atoms with van der Waals surface area (Å²) in [7, 11) is 0. The lowest BCUT2D eigenvalue weighted by Crippen LogP contribution is -1.99. The molecule has 19 heavy (non-hydrogen) atoms. The van der Waals surface area contributed by atoms with E-state index < -0.39 is 12.0 Å². The van der Waals surface area contributed by atoms with Crippen LogP contribution < -0.4 is 5.32 Å². The number of halogens is 5. The number of nitrogens with zero attached hydrogens (tertiary/aromatic N) is 1. The van der Waals surface area contributed by atoms with Crippen molar-refractivity contribution in [3.63, 3.8) is 0 Å². The minimum Gasteiger partial charge on any atom is -0.328 e. The van der Waals surface area contributed by atoms with Crippen LogP contribution in [-0.4, -0.2) is 12.6 Å². The van der Waals surface area contributed by atoms with Gasteiger partial charge in [0, 0.05) is 12.6 Å². The molecule has 1 aromatic carbocycles. The Morgan fingerprint density at radius 1 is 1.47 bits per heavy atom. The molecule has 0 bridgehead atoms. The monoisotopic (exact) mass is 340 g/mol. The predicted octanol–water partition coefficient (Wildman–Crippen LogP) is 3.79. The molecule has 0 aliphatic carbocycles. The van der Waals surface area contributed by atoms with Gasteiger partial charge in [-0.1, -0.05) is 0 Å². The second kappa shape index (κ2) is 7.74. The molecule has 0 aliphatic rings. The van der Waals surface area contributed by atoms with Crippen molar-refractivity contribution in [3.05, 3.63) is 28.0 Å². The molecule has 0 radical (unpaired) electrons. The standard InChI is InChI=1S/C9H6BrFN2O.C2H3F3/c10-7-4-9(13-5-14)6(1-2-12)3-8(7)11;1-2(3,4)5/h3-5H,1H2,(H,13,14);1H3. The molecule has 1 rings (SSSR count). The van der Waals surface area contributed by atoms with Gasteiger partial charge in [-0.05, 0) is 33.6 Å². The number of benzene rings is 1. The summed E-state index contributed by atoms with van der Waals surface area (Å²) in [5.41, 5.74) is 0.898. The Morgan fingerprint density at radius 2 is 2.00 bits per heavy atom. The molecule has 0 heterocycles. The lowest BCUT2D eigenvalue weighted by molar-refractivity contribution is -0.110. The van der Waals surface area contributed by atoms with Crippen LogP contribution in [0.5, 0.6) is 0 Å². The lowest BCUT2D eigenvalue weighted by atomic mass is 10.1. The summed E-state index contributed by atoms with van der Waals surface area (Å²) >= 11 is 2.99. The molecule has 0 saturated heterocycles. The number of nitriles is 1. The highest BCUT2D eigenvalue weighted by Crippen LogP contribution is 2.24. The van der Waals surface area contributed by atoms with Gasteiger partial charge in [0.05, 0.1) is 17.0 Å². The highest BCUT2D eigenvalue weighted by atomic mass is 79.9. The molecule has 0 aliphatic heterocycles. The molecule has 0 unspecified atom stereocenters. The number of carbonyl (C=O) groups is 1. The molecule has 0 fully saturated rings. The maximum Gasteiger partial charge on any atom is 0.386 e. The first kappa shape index (κ1) is 17.4. The Kier molecular flexibility index (Phi) is 7.08. The summed E-state index contributed by atoms with van der Waals surface area (Å²) in [6.45, 7) is 0.188. The van der Waals surface area contributed by atoms with Crippen molar-refractivity contribution in [2.45, 2.75) is 19.5 Å². The first-order chi connectivity index (χ1) is 8.69. The third-order valence-corrected chi connectivity index (χ3v) is 2.24. The number of hydrogen-bond acceptors (Lipinski definition) is 2. The van der Waals surface area contributed by atoms with Crippen LogP contribution in [0.4, 0.5) is 23.2 Å². The second-order valence-corrected chi connectivity index (χ2v) is 4.16. The van der Waals surface area contributed by atoms with E-state index in [1.165, 1.54) is 12.1 Å². The van der Waals surface area contributed by atoms with E-state index in [2.05, 4.69) is 21.2 Å².